The molecule has 1 amide bonds. The highest BCUT2D eigenvalue weighted by Crippen LogP contribution is 2.44. The van der Waals surface area contributed by atoms with E-state index in [0.717, 1.165) is 27.8 Å². The summed E-state index contributed by atoms with van der Waals surface area (Å²) in [6.45, 7) is 4.38. The van der Waals surface area contributed by atoms with Gasteiger partial charge in [0.2, 0.25) is 0 Å². The van der Waals surface area contributed by atoms with E-state index in [0.29, 0.717) is 11.5 Å². The molecule has 0 saturated heterocycles. The fraction of sp³-hybridized carbons (Fsp3) is 0.172. The minimum absolute atomic E-state index is 0.0644. The summed E-state index contributed by atoms with van der Waals surface area (Å²) in [5.41, 5.74) is 7.16. The predicted molar refractivity (Wildman–Crippen MR) is 139 cm³/mol. The van der Waals surface area contributed by atoms with Crippen LogP contribution in [0.15, 0.2) is 78.2 Å². The zero-order valence-corrected chi connectivity index (χ0v) is 20.3. The monoisotopic (exact) mass is 483 g/mol. The van der Waals surface area contributed by atoms with Crippen LogP contribution in [0.1, 0.15) is 52.7 Å². The van der Waals surface area contributed by atoms with E-state index >= 15 is 0 Å². The van der Waals surface area contributed by atoms with E-state index in [-0.39, 0.29) is 23.1 Å². The van der Waals surface area contributed by atoms with Crippen LogP contribution in [0.4, 0.5) is 9.80 Å². The second-order valence-corrected chi connectivity index (χ2v) is 9.77. The third-order valence-corrected chi connectivity index (χ3v) is 7.35. The van der Waals surface area contributed by atoms with Crippen molar-refractivity contribution in [3.8, 4) is 22.3 Å². The molecule has 1 aromatic heterocycles. The molecule has 4 aromatic rings. The minimum atomic E-state index is -1.09. The number of nitrogens with one attached hydrogen (secondary N) is 1. The highest BCUT2D eigenvalue weighted by atomic mass is 32.1. The average Bonchev–Trinajstić information content (AvgIpc) is 3.42. The van der Waals surface area contributed by atoms with Crippen LogP contribution >= 0.6 is 11.3 Å². The molecule has 2 N–H and O–H groups in total. The molecule has 1 aliphatic carbocycles. The van der Waals surface area contributed by atoms with Crippen LogP contribution in [0.5, 0.6) is 0 Å². The lowest BCUT2D eigenvalue weighted by molar-refractivity contribution is 0.0699. The second-order valence-electron chi connectivity index (χ2n) is 8.89. The van der Waals surface area contributed by atoms with E-state index in [4.69, 9.17) is 4.74 Å². The molecule has 0 bridgehead atoms. The van der Waals surface area contributed by atoms with E-state index in [9.17, 15) is 14.7 Å². The molecule has 0 unspecified atom stereocenters. The summed E-state index contributed by atoms with van der Waals surface area (Å²) in [7, 11) is 0. The smallest absolute Gasteiger partial charge is 0.412 e. The summed E-state index contributed by atoms with van der Waals surface area (Å²) in [6, 6.07) is 24.1. The minimum Gasteiger partial charge on any atom is -0.478 e. The van der Waals surface area contributed by atoms with Crippen molar-refractivity contribution in [1.82, 2.24) is 0 Å². The fourth-order valence-corrected chi connectivity index (χ4v) is 5.60. The SMILES string of the molecule is CC(C)c1ccc(-c2csc(NC(=O)OCC3c4ccccc4-c4ccccc43)c2C(=O)O)cc1. The number of carbonyl (C=O) groups excluding carboxylic acids is 1. The van der Waals surface area contributed by atoms with Crippen LogP contribution in [-0.4, -0.2) is 23.8 Å². The summed E-state index contributed by atoms with van der Waals surface area (Å²) in [4.78, 5) is 24.8. The van der Waals surface area contributed by atoms with Crippen molar-refractivity contribution in [3.05, 3.63) is 100 Å². The van der Waals surface area contributed by atoms with Gasteiger partial charge in [-0.3, -0.25) is 5.32 Å². The lowest BCUT2D eigenvalue weighted by Gasteiger charge is -2.14. The Morgan fingerprint density at radius 3 is 2.09 bits per heavy atom. The number of carboxylic acid groups (broad SMARTS) is 1. The van der Waals surface area contributed by atoms with Gasteiger partial charge in [0.25, 0.3) is 0 Å². The molecule has 0 saturated carbocycles. The first kappa shape index (κ1) is 22.9. The van der Waals surface area contributed by atoms with Crippen LogP contribution in [0.3, 0.4) is 0 Å². The quantitative estimate of drug-likeness (QED) is 0.296. The zero-order valence-electron chi connectivity index (χ0n) is 19.4. The van der Waals surface area contributed by atoms with Gasteiger partial charge < -0.3 is 9.84 Å². The number of carboxylic acids is 1. The maximum Gasteiger partial charge on any atom is 0.412 e. The van der Waals surface area contributed by atoms with E-state index < -0.39 is 12.1 Å². The van der Waals surface area contributed by atoms with Gasteiger partial charge in [-0.05, 0) is 39.3 Å². The number of ether oxygens (including phenoxy) is 1. The van der Waals surface area contributed by atoms with Crippen LogP contribution < -0.4 is 5.32 Å². The Balaban J connectivity index is 1.33. The first-order valence-electron chi connectivity index (χ1n) is 11.5. The largest absolute Gasteiger partial charge is 0.478 e. The normalized spacial score (nSPS) is 12.3. The number of fused-ring (bicyclic) bond motifs is 3. The van der Waals surface area contributed by atoms with Crippen molar-refractivity contribution in [1.29, 1.82) is 0 Å². The van der Waals surface area contributed by atoms with Gasteiger partial charge in [-0.1, -0.05) is 86.6 Å². The van der Waals surface area contributed by atoms with Crippen LogP contribution in [-0.2, 0) is 4.74 Å². The molecule has 3 aromatic carbocycles. The summed E-state index contributed by atoms with van der Waals surface area (Å²) in [5, 5.41) is 14.6. The van der Waals surface area contributed by atoms with E-state index in [1.807, 2.05) is 48.5 Å². The number of anilines is 1. The summed E-state index contributed by atoms with van der Waals surface area (Å²) in [5.74, 6) is -0.773. The van der Waals surface area contributed by atoms with Crippen molar-refractivity contribution in [2.75, 3.05) is 11.9 Å². The lowest BCUT2D eigenvalue weighted by Crippen LogP contribution is -2.18. The molecule has 0 spiro atoms. The molecule has 0 radical (unpaired) electrons. The number of hydrogen-bond donors (Lipinski definition) is 2. The van der Waals surface area contributed by atoms with Gasteiger partial charge in [0.05, 0.1) is 0 Å². The number of amides is 1. The molecule has 0 fully saturated rings. The Morgan fingerprint density at radius 2 is 1.51 bits per heavy atom. The number of benzene rings is 3. The number of carbonyl (C=O) groups is 2. The average molecular weight is 484 g/mol. The number of rotatable bonds is 6. The van der Waals surface area contributed by atoms with Crippen LogP contribution in [0, 0.1) is 0 Å². The Hall–Kier alpha value is -3.90. The van der Waals surface area contributed by atoms with Crippen molar-refractivity contribution < 1.29 is 19.4 Å². The summed E-state index contributed by atoms with van der Waals surface area (Å²) in [6.07, 6.45) is -0.669. The van der Waals surface area contributed by atoms with E-state index in [1.54, 1.807) is 5.38 Å². The molecule has 5 nitrogen and oxygen atoms in total. The van der Waals surface area contributed by atoms with Crippen molar-refractivity contribution in [2.24, 2.45) is 0 Å². The first-order valence-corrected chi connectivity index (χ1v) is 12.4. The molecule has 6 heteroatoms. The zero-order chi connectivity index (χ0) is 24.5. The van der Waals surface area contributed by atoms with Gasteiger partial charge in [0.15, 0.2) is 0 Å². The van der Waals surface area contributed by atoms with Gasteiger partial charge >= 0.3 is 12.1 Å². The molecule has 0 aliphatic heterocycles. The molecule has 0 atom stereocenters. The standard InChI is InChI=1S/C29H25NO4S/c1-17(2)18-11-13-19(14-12-18)25-16-35-27(26(25)28(31)32)30-29(33)34-15-24-22-9-5-3-7-20(22)21-8-4-6-10-23(21)24/h3-14,16-17,24H,15H2,1-2H3,(H,30,33)(H,31,32). The number of aromatic carboxylic acids is 1. The molecule has 5 rings (SSSR count). The maximum atomic E-state index is 12.7. The Kier molecular flexibility index (Phi) is 6.14. The molecule has 176 valence electrons. The van der Waals surface area contributed by atoms with Crippen molar-refractivity contribution >= 4 is 28.4 Å². The Bertz CT molecular complexity index is 1360. The van der Waals surface area contributed by atoms with Gasteiger partial charge in [0, 0.05) is 16.9 Å². The van der Waals surface area contributed by atoms with Gasteiger partial charge in [-0.15, -0.1) is 11.3 Å². The summed E-state index contributed by atoms with van der Waals surface area (Å²) >= 11 is 1.18. The molecule has 1 heterocycles. The topological polar surface area (TPSA) is 75.6 Å². The molecular formula is C29H25NO4S. The number of thiophene rings is 1. The first-order chi connectivity index (χ1) is 16.9. The van der Waals surface area contributed by atoms with Crippen LogP contribution in [0.2, 0.25) is 0 Å². The Morgan fingerprint density at radius 1 is 0.914 bits per heavy atom. The highest BCUT2D eigenvalue weighted by Gasteiger charge is 2.29. The fourth-order valence-electron chi connectivity index (χ4n) is 4.65. The molecule has 1 aliphatic rings. The van der Waals surface area contributed by atoms with Gasteiger partial charge in [0.1, 0.15) is 17.2 Å². The predicted octanol–water partition coefficient (Wildman–Crippen LogP) is 7.60. The van der Waals surface area contributed by atoms with Crippen LogP contribution in [0.25, 0.3) is 22.3 Å². The van der Waals surface area contributed by atoms with Crippen molar-refractivity contribution in [2.45, 2.75) is 25.7 Å². The Labute approximate surface area is 208 Å². The lowest BCUT2D eigenvalue weighted by atomic mass is 9.98. The van der Waals surface area contributed by atoms with E-state index in [2.05, 4.69) is 43.4 Å². The summed E-state index contributed by atoms with van der Waals surface area (Å²) < 4.78 is 5.60. The van der Waals surface area contributed by atoms with Gasteiger partial charge in [-0.25, -0.2) is 9.59 Å². The third kappa shape index (κ3) is 4.33. The number of hydrogen-bond acceptors (Lipinski definition) is 4. The highest BCUT2D eigenvalue weighted by molar-refractivity contribution is 7.15. The van der Waals surface area contributed by atoms with E-state index in [1.165, 1.54) is 16.9 Å². The molecular weight excluding hydrogens is 458 g/mol. The maximum absolute atomic E-state index is 12.7. The molecule has 35 heavy (non-hydrogen) atoms. The second kappa shape index (κ2) is 9.39. The van der Waals surface area contributed by atoms with Crippen molar-refractivity contribution in [3.63, 3.8) is 0 Å². The third-order valence-electron chi connectivity index (χ3n) is 6.45. The van der Waals surface area contributed by atoms with Gasteiger partial charge in [-0.2, -0.15) is 0 Å².